The van der Waals surface area contributed by atoms with E-state index in [4.69, 9.17) is 5.73 Å². The highest BCUT2D eigenvalue weighted by molar-refractivity contribution is 6.22. The summed E-state index contributed by atoms with van der Waals surface area (Å²) >= 11 is 0. The van der Waals surface area contributed by atoms with Gasteiger partial charge >= 0.3 is 0 Å². The quantitative estimate of drug-likeness (QED) is 0.808. The Hall–Kier alpha value is -2.44. The number of rotatable bonds is 4. The van der Waals surface area contributed by atoms with Crippen molar-refractivity contribution in [2.45, 2.75) is 40.0 Å². The summed E-state index contributed by atoms with van der Waals surface area (Å²) < 4.78 is 0. The van der Waals surface area contributed by atoms with Gasteiger partial charge in [-0.3, -0.25) is 14.9 Å². The van der Waals surface area contributed by atoms with Gasteiger partial charge in [-0.25, -0.2) is 0 Å². The van der Waals surface area contributed by atoms with E-state index in [1.165, 1.54) is 13.3 Å². The van der Waals surface area contributed by atoms with Gasteiger partial charge in [0.25, 0.3) is 5.91 Å². The number of piperidine rings is 1. The second kappa shape index (κ2) is 7.90. The molecule has 1 saturated heterocycles. The van der Waals surface area contributed by atoms with Crippen LogP contribution < -0.4 is 16.0 Å². The summed E-state index contributed by atoms with van der Waals surface area (Å²) in [5.74, 6) is -0.239. The minimum absolute atomic E-state index is 0.141. The average molecular weight is 331 g/mol. The molecule has 24 heavy (non-hydrogen) atoms. The summed E-state index contributed by atoms with van der Waals surface area (Å²) in [5.41, 5.74) is 7.86. The van der Waals surface area contributed by atoms with E-state index in [2.05, 4.69) is 27.3 Å². The predicted molar refractivity (Wildman–Crippen MR) is 93.0 cm³/mol. The zero-order valence-corrected chi connectivity index (χ0v) is 14.5. The molecular formula is C17H25N5O2. The Labute approximate surface area is 142 Å². The van der Waals surface area contributed by atoms with Crippen molar-refractivity contribution in [3.8, 4) is 0 Å². The minimum atomic E-state index is -0.571. The fourth-order valence-electron chi connectivity index (χ4n) is 2.98. The Bertz CT molecular complexity index is 648. The Morgan fingerprint density at radius 3 is 2.58 bits per heavy atom. The number of carbonyl (C=O) groups is 2. The van der Waals surface area contributed by atoms with Crippen LogP contribution in [0.3, 0.4) is 0 Å². The molecule has 0 saturated carbocycles. The van der Waals surface area contributed by atoms with Crippen molar-refractivity contribution in [3.63, 3.8) is 0 Å². The maximum atomic E-state index is 12.1. The predicted octanol–water partition coefficient (Wildman–Crippen LogP) is 1.37. The number of nitrogens with one attached hydrogen (secondary N) is 1. The summed E-state index contributed by atoms with van der Waals surface area (Å²) in [5, 5.41) is 10.4. The third-order valence-electron chi connectivity index (χ3n) is 4.46. The maximum Gasteiger partial charge on any atom is 0.261 e. The zero-order chi connectivity index (χ0) is 17.7. The van der Waals surface area contributed by atoms with Crippen molar-refractivity contribution in [1.82, 2.24) is 15.5 Å². The van der Waals surface area contributed by atoms with Crippen LogP contribution in [0.2, 0.25) is 0 Å². The van der Waals surface area contributed by atoms with Gasteiger partial charge in [0.2, 0.25) is 5.91 Å². The molecule has 7 heteroatoms. The molecule has 1 aliphatic rings. The van der Waals surface area contributed by atoms with Gasteiger partial charge in [-0.1, -0.05) is 13.3 Å². The summed E-state index contributed by atoms with van der Waals surface area (Å²) in [4.78, 5) is 25.4. The fourth-order valence-corrected chi connectivity index (χ4v) is 2.98. The lowest BCUT2D eigenvalue weighted by molar-refractivity contribution is -0.126. The van der Waals surface area contributed by atoms with E-state index in [0.29, 0.717) is 5.69 Å². The van der Waals surface area contributed by atoms with Crippen LogP contribution in [0.5, 0.6) is 0 Å². The summed E-state index contributed by atoms with van der Waals surface area (Å²) in [7, 11) is 0. The zero-order valence-electron chi connectivity index (χ0n) is 14.5. The number of aryl methyl sites for hydroxylation is 1. The first kappa shape index (κ1) is 17.9. The monoisotopic (exact) mass is 331 g/mol. The van der Waals surface area contributed by atoms with Crippen LogP contribution in [0.4, 0.5) is 5.69 Å². The molecule has 2 heterocycles. The molecule has 130 valence electrons. The number of nitrogens with two attached hydrogens (primary N) is 1. The number of imide groups is 1. The van der Waals surface area contributed by atoms with Crippen LogP contribution in [-0.4, -0.2) is 35.1 Å². The van der Waals surface area contributed by atoms with Gasteiger partial charge in [-0.2, -0.15) is 5.10 Å². The van der Waals surface area contributed by atoms with Crippen LogP contribution in [0.25, 0.3) is 5.57 Å². The van der Waals surface area contributed by atoms with Gasteiger partial charge in [0.1, 0.15) is 5.69 Å². The third kappa shape index (κ3) is 4.10. The van der Waals surface area contributed by atoms with Crippen molar-refractivity contribution in [1.29, 1.82) is 0 Å². The van der Waals surface area contributed by atoms with Crippen molar-refractivity contribution in [3.05, 3.63) is 23.7 Å². The molecule has 0 spiro atoms. The number of anilines is 1. The van der Waals surface area contributed by atoms with Gasteiger partial charge in [0, 0.05) is 26.2 Å². The van der Waals surface area contributed by atoms with E-state index in [9.17, 15) is 9.59 Å². The first-order chi connectivity index (χ1) is 11.5. The van der Waals surface area contributed by atoms with Crippen molar-refractivity contribution < 1.29 is 9.59 Å². The minimum Gasteiger partial charge on any atom is -0.404 e. The van der Waals surface area contributed by atoms with Crippen LogP contribution in [-0.2, 0) is 9.59 Å². The Kier molecular flexibility index (Phi) is 5.89. The molecule has 3 N–H and O–H groups in total. The van der Waals surface area contributed by atoms with Crippen LogP contribution in [0, 0.1) is 12.8 Å². The van der Waals surface area contributed by atoms with E-state index in [-0.39, 0.29) is 5.57 Å². The standard InChI is InChI=1S/C17H25N5O2/c1-4-13-5-7-22(8-6-13)16-9-15(21-20-11(16)2)14(10-18)17(24)19-12(3)23/h9-10,13H,4-8,18H2,1-3H3,(H,19,23,24)/b14-10-. The number of carbonyl (C=O) groups excluding carboxylic acids is 2. The Balaban J connectivity index is 2.25. The smallest absolute Gasteiger partial charge is 0.261 e. The lowest BCUT2D eigenvalue weighted by atomic mass is 9.94. The van der Waals surface area contributed by atoms with Gasteiger partial charge in [-0.05, 0) is 31.7 Å². The molecule has 0 bridgehead atoms. The molecule has 1 aliphatic heterocycles. The molecule has 0 unspecified atom stereocenters. The molecule has 1 aromatic heterocycles. The van der Waals surface area contributed by atoms with E-state index in [0.717, 1.165) is 49.4 Å². The molecule has 2 amide bonds. The highest BCUT2D eigenvalue weighted by atomic mass is 16.2. The maximum absolute atomic E-state index is 12.1. The van der Waals surface area contributed by atoms with Gasteiger partial charge in [-0.15, -0.1) is 5.10 Å². The van der Waals surface area contributed by atoms with Crippen LogP contribution >= 0.6 is 0 Å². The highest BCUT2D eigenvalue weighted by Crippen LogP contribution is 2.28. The second-order valence-corrected chi connectivity index (χ2v) is 6.13. The van der Waals surface area contributed by atoms with E-state index in [1.807, 2.05) is 13.0 Å². The SMILES string of the molecule is CCC1CCN(c2cc(/C(=C/N)C(=O)NC(C)=O)nnc2C)CC1. The second-order valence-electron chi connectivity index (χ2n) is 6.13. The first-order valence-electron chi connectivity index (χ1n) is 8.29. The normalized spacial score (nSPS) is 16.1. The van der Waals surface area contributed by atoms with Crippen LogP contribution in [0.15, 0.2) is 12.3 Å². The van der Waals surface area contributed by atoms with Crippen molar-refractivity contribution in [2.75, 3.05) is 18.0 Å². The molecule has 7 nitrogen and oxygen atoms in total. The largest absolute Gasteiger partial charge is 0.404 e. The van der Waals surface area contributed by atoms with Gasteiger partial charge in [0.05, 0.1) is 17.0 Å². The molecule has 2 rings (SSSR count). The van der Waals surface area contributed by atoms with Crippen molar-refractivity contribution >= 4 is 23.1 Å². The highest BCUT2D eigenvalue weighted by Gasteiger charge is 2.22. The van der Waals surface area contributed by atoms with Gasteiger partial charge in [0.15, 0.2) is 0 Å². The summed E-state index contributed by atoms with van der Waals surface area (Å²) in [6.45, 7) is 7.33. The third-order valence-corrected chi connectivity index (χ3v) is 4.46. The first-order valence-corrected chi connectivity index (χ1v) is 8.29. The molecule has 1 fully saturated rings. The lowest BCUT2D eigenvalue weighted by Gasteiger charge is -2.33. The Morgan fingerprint density at radius 2 is 2.04 bits per heavy atom. The van der Waals surface area contributed by atoms with E-state index in [1.54, 1.807) is 0 Å². The van der Waals surface area contributed by atoms with E-state index >= 15 is 0 Å². The molecule has 0 aliphatic carbocycles. The summed E-state index contributed by atoms with van der Waals surface area (Å²) in [6, 6.07) is 1.83. The summed E-state index contributed by atoms with van der Waals surface area (Å²) in [6.07, 6.45) is 4.67. The fraction of sp³-hybridized carbons (Fsp3) is 0.529. The number of hydrogen-bond donors (Lipinski definition) is 2. The molecular weight excluding hydrogens is 306 g/mol. The molecule has 0 aromatic carbocycles. The lowest BCUT2D eigenvalue weighted by Crippen LogP contribution is -2.34. The number of aromatic nitrogens is 2. The molecule has 0 radical (unpaired) electrons. The average Bonchev–Trinajstić information content (AvgIpc) is 2.56. The number of hydrogen-bond acceptors (Lipinski definition) is 6. The number of nitrogens with zero attached hydrogens (tertiary/aromatic N) is 3. The molecule has 0 atom stereocenters. The van der Waals surface area contributed by atoms with Crippen molar-refractivity contribution in [2.24, 2.45) is 11.7 Å². The van der Waals surface area contributed by atoms with Gasteiger partial charge < -0.3 is 10.6 Å². The Morgan fingerprint density at radius 1 is 1.38 bits per heavy atom. The number of amides is 2. The molecule has 1 aromatic rings. The topological polar surface area (TPSA) is 101 Å². The van der Waals surface area contributed by atoms with E-state index < -0.39 is 11.8 Å². The van der Waals surface area contributed by atoms with Crippen LogP contribution in [0.1, 0.15) is 44.5 Å².